The summed E-state index contributed by atoms with van der Waals surface area (Å²) in [5, 5.41) is 0. The molecule has 0 saturated carbocycles. The van der Waals surface area contributed by atoms with Gasteiger partial charge in [-0.25, -0.2) is 0 Å². The van der Waals surface area contributed by atoms with Crippen molar-refractivity contribution in [3.8, 4) is 0 Å². The molecule has 3 heteroatoms. The second-order valence-corrected chi connectivity index (χ2v) is 6.23. The number of hydrogen-bond donors (Lipinski definition) is 0. The molecule has 3 nitrogen and oxygen atoms in total. The minimum absolute atomic E-state index is 0.266. The molecule has 2 unspecified atom stereocenters. The van der Waals surface area contributed by atoms with Crippen molar-refractivity contribution in [3.63, 3.8) is 0 Å². The molecule has 0 aliphatic carbocycles. The summed E-state index contributed by atoms with van der Waals surface area (Å²) in [4.78, 5) is 14.8. The van der Waals surface area contributed by atoms with Crippen molar-refractivity contribution in [1.29, 1.82) is 0 Å². The number of Topliss-reactive ketones (excluding diaryl/α,β-unsaturated/α-hetero) is 1. The van der Waals surface area contributed by atoms with E-state index >= 15 is 0 Å². The normalized spacial score (nSPS) is 24.7. The van der Waals surface area contributed by atoms with Crippen molar-refractivity contribution in [2.24, 2.45) is 13.0 Å². The lowest BCUT2D eigenvalue weighted by Gasteiger charge is -2.36. The Balaban J connectivity index is 2.10. The molecule has 0 aromatic carbocycles. The predicted molar refractivity (Wildman–Crippen MR) is 78.7 cm³/mol. The van der Waals surface area contributed by atoms with Crippen molar-refractivity contribution in [3.05, 3.63) is 23.0 Å². The van der Waals surface area contributed by atoms with E-state index in [4.69, 9.17) is 0 Å². The lowest BCUT2D eigenvalue weighted by molar-refractivity contribution is 0.0804. The van der Waals surface area contributed by atoms with E-state index in [1.807, 2.05) is 20.0 Å². The first-order valence-electron chi connectivity index (χ1n) is 7.30. The molecule has 2 atom stereocenters. The number of piperidine rings is 1. The highest BCUT2D eigenvalue weighted by molar-refractivity contribution is 5.99. The number of rotatable bonds is 3. The summed E-state index contributed by atoms with van der Waals surface area (Å²) in [6.07, 6.45) is 2.50. The maximum atomic E-state index is 12.5. The van der Waals surface area contributed by atoms with Gasteiger partial charge in [0, 0.05) is 36.6 Å². The molecule has 1 fully saturated rings. The summed E-state index contributed by atoms with van der Waals surface area (Å²) in [5.74, 6) is 0.977. The Morgan fingerprint density at radius 3 is 2.58 bits per heavy atom. The average Bonchev–Trinajstić information content (AvgIpc) is 2.62. The third-order valence-corrected chi connectivity index (χ3v) is 4.67. The van der Waals surface area contributed by atoms with Crippen LogP contribution < -0.4 is 0 Å². The molecule has 19 heavy (non-hydrogen) atoms. The Labute approximate surface area is 116 Å². The van der Waals surface area contributed by atoms with Gasteiger partial charge < -0.3 is 4.57 Å². The molecular formula is C16H26N2O. The van der Waals surface area contributed by atoms with Crippen LogP contribution in [0, 0.1) is 19.8 Å². The van der Waals surface area contributed by atoms with Crippen LogP contribution in [0.4, 0.5) is 0 Å². The van der Waals surface area contributed by atoms with E-state index in [1.165, 1.54) is 12.8 Å². The summed E-state index contributed by atoms with van der Waals surface area (Å²) >= 11 is 0. The Bertz CT molecular complexity index is 475. The number of carbonyl (C=O) groups is 1. The van der Waals surface area contributed by atoms with Crippen molar-refractivity contribution in [1.82, 2.24) is 9.47 Å². The molecule has 0 spiro atoms. The van der Waals surface area contributed by atoms with Crippen LogP contribution in [0.25, 0.3) is 0 Å². The van der Waals surface area contributed by atoms with Gasteiger partial charge in [-0.3, -0.25) is 9.69 Å². The van der Waals surface area contributed by atoms with Crippen molar-refractivity contribution < 1.29 is 4.79 Å². The van der Waals surface area contributed by atoms with Gasteiger partial charge in [0.05, 0.1) is 6.54 Å². The molecule has 0 amide bonds. The van der Waals surface area contributed by atoms with Gasteiger partial charge >= 0.3 is 0 Å². The van der Waals surface area contributed by atoms with Crippen LogP contribution in [-0.4, -0.2) is 34.4 Å². The Morgan fingerprint density at radius 2 is 2.00 bits per heavy atom. The van der Waals surface area contributed by atoms with Crippen LogP contribution in [0.2, 0.25) is 0 Å². The fourth-order valence-electron chi connectivity index (χ4n) is 3.01. The molecule has 1 aliphatic heterocycles. The van der Waals surface area contributed by atoms with Crippen LogP contribution in [0.15, 0.2) is 6.07 Å². The lowest BCUT2D eigenvalue weighted by Crippen LogP contribution is -2.43. The summed E-state index contributed by atoms with van der Waals surface area (Å²) in [7, 11) is 2.02. The highest BCUT2D eigenvalue weighted by atomic mass is 16.1. The van der Waals surface area contributed by atoms with Gasteiger partial charge in [-0.1, -0.05) is 6.92 Å². The fraction of sp³-hybridized carbons (Fsp3) is 0.688. The molecule has 0 radical (unpaired) electrons. The van der Waals surface area contributed by atoms with Gasteiger partial charge in [-0.05, 0) is 45.6 Å². The molecular weight excluding hydrogens is 236 g/mol. The number of ketones is 1. The SMILES string of the molecule is Cc1cc(C(=O)CN2CC(C)CCC2C)c(C)n1C. The second-order valence-electron chi connectivity index (χ2n) is 6.23. The van der Waals surface area contributed by atoms with E-state index in [9.17, 15) is 4.79 Å². The van der Waals surface area contributed by atoms with E-state index in [0.717, 1.165) is 23.5 Å². The number of nitrogens with zero attached hydrogens (tertiary/aromatic N) is 2. The van der Waals surface area contributed by atoms with Crippen LogP contribution >= 0.6 is 0 Å². The summed E-state index contributed by atoms with van der Waals surface area (Å²) < 4.78 is 2.09. The fourth-order valence-corrected chi connectivity index (χ4v) is 3.01. The van der Waals surface area contributed by atoms with Crippen LogP contribution in [-0.2, 0) is 7.05 Å². The minimum atomic E-state index is 0.266. The molecule has 1 aliphatic rings. The van der Waals surface area contributed by atoms with Gasteiger partial charge in [-0.2, -0.15) is 0 Å². The van der Waals surface area contributed by atoms with Crippen LogP contribution in [0.1, 0.15) is 48.4 Å². The molecule has 2 heterocycles. The monoisotopic (exact) mass is 262 g/mol. The standard InChI is InChI=1S/C16H26N2O/c1-11-6-7-12(2)18(9-11)10-16(19)15-8-13(3)17(5)14(15)4/h8,11-12H,6-7,9-10H2,1-5H3. The zero-order valence-corrected chi connectivity index (χ0v) is 12.9. The van der Waals surface area contributed by atoms with Gasteiger partial charge in [0.15, 0.2) is 5.78 Å². The molecule has 0 N–H and O–H groups in total. The number of likely N-dealkylation sites (tertiary alicyclic amines) is 1. The molecule has 0 bridgehead atoms. The Kier molecular flexibility index (Phi) is 4.14. The zero-order chi connectivity index (χ0) is 14.2. The Morgan fingerprint density at radius 1 is 1.32 bits per heavy atom. The van der Waals surface area contributed by atoms with Crippen LogP contribution in [0.5, 0.6) is 0 Å². The molecule has 2 rings (SSSR count). The van der Waals surface area contributed by atoms with Gasteiger partial charge in [0.2, 0.25) is 0 Å². The topological polar surface area (TPSA) is 25.2 Å². The third kappa shape index (κ3) is 2.92. The van der Waals surface area contributed by atoms with Crippen molar-refractivity contribution >= 4 is 5.78 Å². The van der Waals surface area contributed by atoms with E-state index < -0.39 is 0 Å². The third-order valence-electron chi connectivity index (χ3n) is 4.67. The minimum Gasteiger partial charge on any atom is -0.351 e. The van der Waals surface area contributed by atoms with E-state index in [0.29, 0.717) is 18.5 Å². The largest absolute Gasteiger partial charge is 0.351 e. The van der Waals surface area contributed by atoms with E-state index in [-0.39, 0.29) is 5.78 Å². The maximum Gasteiger partial charge on any atom is 0.178 e. The number of carbonyl (C=O) groups excluding carboxylic acids is 1. The first-order valence-corrected chi connectivity index (χ1v) is 7.30. The smallest absolute Gasteiger partial charge is 0.178 e. The molecule has 1 aromatic heterocycles. The molecule has 106 valence electrons. The number of hydrogen-bond acceptors (Lipinski definition) is 2. The van der Waals surface area contributed by atoms with E-state index in [1.54, 1.807) is 0 Å². The number of aromatic nitrogens is 1. The maximum absolute atomic E-state index is 12.5. The van der Waals surface area contributed by atoms with Gasteiger partial charge in [0.1, 0.15) is 0 Å². The van der Waals surface area contributed by atoms with Crippen molar-refractivity contribution in [2.75, 3.05) is 13.1 Å². The summed E-state index contributed by atoms with van der Waals surface area (Å²) in [6, 6.07) is 2.56. The first kappa shape index (κ1) is 14.3. The predicted octanol–water partition coefficient (Wildman–Crippen LogP) is 2.95. The quantitative estimate of drug-likeness (QED) is 0.783. The number of aryl methyl sites for hydroxylation is 1. The van der Waals surface area contributed by atoms with Gasteiger partial charge in [-0.15, -0.1) is 0 Å². The second kappa shape index (κ2) is 5.49. The highest BCUT2D eigenvalue weighted by Gasteiger charge is 2.25. The first-order chi connectivity index (χ1) is 8.90. The lowest BCUT2D eigenvalue weighted by atomic mass is 9.94. The zero-order valence-electron chi connectivity index (χ0n) is 12.9. The van der Waals surface area contributed by atoms with Crippen molar-refractivity contribution in [2.45, 2.75) is 46.6 Å². The average molecular weight is 262 g/mol. The molecule has 1 aromatic rings. The molecule has 1 saturated heterocycles. The summed E-state index contributed by atoms with van der Waals surface area (Å²) in [6.45, 7) is 10.2. The van der Waals surface area contributed by atoms with Crippen LogP contribution in [0.3, 0.4) is 0 Å². The van der Waals surface area contributed by atoms with E-state index in [2.05, 4.69) is 30.2 Å². The van der Waals surface area contributed by atoms with Gasteiger partial charge in [0.25, 0.3) is 0 Å². The Hall–Kier alpha value is -1.09. The summed E-state index contributed by atoms with van der Waals surface area (Å²) in [5.41, 5.74) is 3.13. The highest BCUT2D eigenvalue weighted by Crippen LogP contribution is 2.22.